The Morgan fingerprint density at radius 2 is 1.74 bits per heavy atom. The molecule has 0 amide bonds. The van der Waals surface area contributed by atoms with Gasteiger partial charge in [-0.25, -0.2) is 9.38 Å². The fraction of sp³-hybridized carbons (Fsp3) is 0.211. The van der Waals surface area contributed by atoms with E-state index in [2.05, 4.69) is 36.1 Å². The molecule has 0 saturated carbocycles. The number of aryl methyl sites for hydroxylation is 1. The molecule has 4 heteroatoms. The zero-order valence-electron chi connectivity index (χ0n) is 13.7. The van der Waals surface area contributed by atoms with Crippen molar-refractivity contribution in [1.82, 2.24) is 0 Å². The first kappa shape index (κ1) is 17.5. The summed E-state index contributed by atoms with van der Waals surface area (Å²) in [5, 5.41) is 0.320. The molecule has 0 saturated heterocycles. The van der Waals surface area contributed by atoms with Gasteiger partial charge in [0.15, 0.2) is 0 Å². The van der Waals surface area contributed by atoms with Crippen LogP contribution >= 0.6 is 11.6 Å². The van der Waals surface area contributed by atoms with Crippen molar-refractivity contribution in [2.75, 3.05) is 0 Å². The second-order valence-electron chi connectivity index (χ2n) is 6.39. The smallest absolute Gasteiger partial charge is 0.134 e. The van der Waals surface area contributed by atoms with Crippen LogP contribution in [0.4, 0.5) is 10.1 Å². The molecule has 118 valence electrons. The Labute approximate surface area is 143 Å². The summed E-state index contributed by atoms with van der Waals surface area (Å²) in [6.07, 6.45) is 0. The second-order valence-corrected chi connectivity index (χ2v) is 11.5. The first-order chi connectivity index (χ1) is 10.8. The van der Waals surface area contributed by atoms with Gasteiger partial charge in [0, 0.05) is 0 Å². The Bertz CT molecular complexity index is 773. The minimum Gasteiger partial charge on any atom is -0.239 e. The molecule has 0 spiro atoms. The summed E-state index contributed by atoms with van der Waals surface area (Å²) in [4.78, 5) is 4.54. The highest BCUT2D eigenvalue weighted by atomic mass is 35.5. The van der Waals surface area contributed by atoms with Gasteiger partial charge >= 0.3 is 0 Å². The van der Waals surface area contributed by atoms with Crippen LogP contribution in [0.3, 0.4) is 0 Å². The largest absolute Gasteiger partial charge is 0.239 e. The van der Waals surface area contributed by atoms with Gasteiger partial charge in [0.25, 0.3) is 0 Å². The third kappa shape index (κ3) is 5.06. The van der Waals surface area contributed by atoms with Gasteiger partial charge in [0.2, 0.25) is 0 Å². The molecule has 1 nitrogen and oxygen atoms in total. The van der Waals surface area contributed by atoms with E-state index in [0.717, 1.165) is 11.3 Å². The Morgan fingerprint density at radius 3 is 2.30 bits per heavy atom. The fourth-order valence-electron chi connectivity index (χ4n) is 1.87. The lowest BCUT2D eigenvalue weighted by molar-refractivity contribution is 0.625. The predicted octanol–water partition coefficient (Wildman–Crippen LogP) is 5.79. The number of benzene rings is 2. The average molecular weight is 344 g/mol. The zero-order chi connectivity index (χ0) is 17.0. The van der Waals surface area contributed by atoms with Crippen LogP contribution in [0.2, 0.25) is 24.7 Å². The molecule has 0 fully saturated rings. The van der Waals surface area contributed by atoms with Crippen molar-refractivity contribution < 1.29 is 4.39 Å². The SMILES string of the molecule is Cc1ccc(N=C(C#C[Si](C)(C)C)c2c(F)cccc2Cl)cc1. The van der Waals surface area contributed by atoms with E-state index in [0.29, 0.717) is 10.7 Å². The molecule has 0 aliphatic heterocycles. The molecule has 0 aliphatic carbocycles. The maximum atomic E-state index is 14.3. The quantitative estimate of drug-likeness (QED) is 0.372. The highest BCUT2D eigenvalue weighted by molar-refractivity contribution is 6.84. The lowest BCUT2D eigenvalue weighted by Gasteiger charge is -2.07. The minimum absolute atomic E-state index is 0.264. The number of hydrogen-bond donors (Lipinski definition) is 0. The van der Waals surface area contributed by atoms with Gasteiger partial charge in [-0.15, -0.1) is 5.54 Å². The van der Waals surface area contributed by atoms with E-state index in [1.54, 1.807) is 12.1 Å². The third-order valence-corrected chi connectivity index (χ3v) is 4.22. The Balaban J connectivity index is 2.60. The van der Waals surface area contributed by atoms with Crippen molar-refractivity contribution in [2.45, 2.75) is 26.6 Å². The van der Waals surface area contributed by atoms with Crippen molar-refractivity contribution >= 4 is 31.1 Å². The molecule has 2 rings (SSSR count). The van der Waals surface area contributed by atoms with Crippen molar-refractivity contribution in [3.63, 3.8) is 0 Å². The molecule has 23 heavy (non-hydrogen) atoms. The van der Waals surface area contributed by atoms with Crippen LogP contribution in [-0.4, -0.2) is 13.8 Å². The molecule has 0 aliphatic rings. The number of rotatable bonds is 2. The molecule has 2 aromatic carbocycles. The minimum atomic E-state index is -1.62. The topological polar surface area (TPSA) is 12.4 Å². The lowest BCUT2D eigenvalue weighted by Crippen LogP contribution is -2.17. The summed E-state index contributed by atoms with van der Waals surface area (Å²) in [5.41, 5.74) is 5.75. The van der Waals surface area contributed by atoms with Crippen LogP contribution in [0.25, 0.3) is 0 Å². The second kappa shape index (κ2) is 7.12. The predicted molar refractivity (Wildman–Crippen MR) is 99.9 cm³/mol. The van der Waals surface area contributed by atoms with Crippen LogP contribution in [0, 0.1) is 24.2 Å². The molecule has 0 unspecified atom stereocenters. The van der Waals surface area contributed by atoms with Crippen molar-refractivity contribution in [2.24, 2.45) is 4.99 Å². The summed E-state index contributed by atoms with van der Waals surface area (Å²) in [5.74, 6) is 2.65. The number of nitrogens with zero attached hydrogens (tertiary/aromatic N) is 1. The average Bonchev–Trinajstić information content (AvgIpc) is 2.45. The molecule has 0 bridgehead atoms. The Kier molecular flexibility index (Phi) is 5.41. The maximum Gasteiger partial charge on any atom is 0.134 e. The van der Waals surface area contributed by atoms with Crippen molar-refractivity contribution in [3.05, 3.63) is 64.4 Å². The molecule has 0 atom stereocenters. The number of aliphatic imine (C=N–C) groups is 1. The van der Waals surface area contributed by atoms with Crippen LogP contribution < -0.4 is 0 Å². The standard InChI is InChI=1S/C19H19ClFNSi/c1-14-8-10-15(11-9-14)22-18(12-13-23(2,3)4)19-16(20)6-5-7-17(19)21/h5-11H,1-4H3. The first-order valence-electron chi connectivity index (χ1n) is 7.39. The van der Waals surface area contributed by atoms with Gasteiger partial charge in [0.1, 0.15) is 19.6 Å². The summed E-state index contributed by atoms with van der Waals surface area (Å²) in [6, 6.07) is 12.3. The van der Waals surface area contributed by atoms with Gasteiger partial charge in [-0.1, -0.05) is 60.9 Å². The van der Waals surface area contributed by atoms with Crippen LogP contribution in [0.1, 0.15) is 11.1 Å². The van der Waals surface area contributed by atoms with E-state index >= 15 is 0 Å². The van der Waals surface area contributed by atoms with E-state index < -0.39 is 13.9 Å². The highest BCUT2D eigenvalue weighted by Crippen LogP contribution is 2.22. The fourth-order valence-corrected chi connectivity index (χ4v) is 2.61. The Hall–Kier alpha value is -1.89. The molecule has 2 aromatic rings. The van der Waals surface area contributed by atoms with Crippen LogP contribution in [0.15, 0.2) is 47.5 Å². The van der Waals surface area contributed by atoms with E-state index in [1.807, 2.05) is 31.2 Å². The van der Waals surface area contributed by atoms with E-state index in [9.17, 15) is 4.39 Å². The maximum absolute atomic E-state index is 14.3. The van der Waals surface area contributed by atoms with E-state index in [4.69, 9.17) is 11.6 Å². The van der Waals surface area contributed by atoms with Crippen LogP contribution in [0.5, 0.6) is 0 Å². The van der Waals surface area contributed by atoms with Gasteiger partial charge in [-0.05, 0) is 31.2 Å². The first-order valence-corrected chi connectivity index (χ1v) is 11.3. The normalized spacial score (nSPS) is 11.8. The van der Waals surface area contributed by atoms with Crippen molar-refractivity contribution in [1.29, 1.82) is 0 Å². The lowest BCUT2D eigenvalue weighted by atomic mass is 10.1. The van der Waals surface area contributed by atoms with Crippen LogP contribution in [-0.2, 0) is 0 Å². The summed E-state index contributed by atoms with van der Waals surface area (Å²) < 4.78 is 14.3. The molecular formula is C19H19ClFNSi. The molecule has 0 N–H and O–H groups in total. The number of hydrogen-bond acceptors (Lipinski definition) is 1. The van der Waals surface area contributed by atoms with Crippen molar-refractivity contribution in [3.8, 4) is 11.5 Å². The van der Waals surface area contributed by atoms with Gasteiger partial charge in [-0.3, -0.25) is 0 Å². The summed E-state index contributed by atoms with van der Waals surface area (Å²) in [6.45, 7) is 8.40. The molecular weight excluding hydrogens is 325 g/mol. The van der Waals surface area contributed by atoms with E-state index in [-0.39, 0.29) is 5.56 Å². The summed E-state index contributed by atoms with van der Waals surface area (Å²) >= 11 is 6.19. The van der Waals surface area contributed by atoms with Gasteiger partial charge in [0.05, 0.1) is 16.3 Å². The molecule has 0 radical (unpaired) electrons. The molecule has 0 aromatic heterocycles. The summed E-state index contributed by atoms with van der Waals surface area (Å²) in [7, 11) is -1.62. The zero-order valence-corrected chi connectivity index (χ0v) is 15.5. The third-order valence-electron chi connectivity index (χ3n) is 3.03. The monoisotopic (exact) mass is 343 g/mol. The van der Waals surface area contributed by atoms with Gasteiger partial charge < -0.3 is 0 Å². The Morgan fingerprint density at radius 1 is 1.09 bits per heavy atom. The van der Waals surface area contributed by atoms with Gasteiger partial charge in [-0.2, -0.15) is 0 Å². The molecule has 0 heterocycles. The highest BCUT2D eigenvalue weighted by Gasteiger charge is 2.14. The van der Waals surface area contributed by atoms with E-state index in [1.165, 1.54) is 6.07 Å². The number of halogens is 2.